The van der Waals surface area contributed by atoms with E-state index >= 15 is 0 Å². The average Bonchev–Trinajstić information content (AvgIpc) is 2.46. The van der Waals surface area contributed by atoms with Crippen LogP contribution in [0.4, 0.5) is 5.82 Å². The van der Waals surface area contributed by atoms with Crippen LogP contribution in [0.1, 0.15) is 23.7 Å². The van der Waals surface area contributed by atoms with Crippen molar-refractivity contribution in [1.29, 1.82) is 0 Å². The molecule has 0 aliphatic heterocycles. The molecule has 106 valence electrons. The van der Waals surface area contributed by atoms with Crippen molar-refractivity contribution in [1.82, 2.24) is 9.97 Å². The SMILES string of the molecule is CCC(CSC)Nc1ncnc2cc(C(=O)O)ccc12. The maximum atomic E-state index is 11.0. The third kappa shape index (κ3) is 3.19. The van der Waals surface area contributed by atoms with Crippen LogP contribution in [0.5, 0.6) is 0 Å². The van der Waals surface area contributed by atoms with Crippen molar-refractivity contribution in [3.05, 3.63) is 30.1 Å². The molecule has 0 aliphatic carbocycles. The second-order valence-corrected chi connectivity index (χ2v) is 5.37. The summed E-state index contributed by atoms with van der Waals surface area (Å²) in [6.45, 7) is 2.12. The minimum atomic E-state index is -0.950. The van der Waals surface area contributed by atoms with Gasteiger partial charge in [0.25, 0.3) is 0 Å². The minimum Gasteiger partial charge on any atom is -0.478 e. The van der Waals surface area contributed by atoms with Crippen molar-refractivity contribution in [2.75, 3.05) is 17.3 Å². The zero-order valence-electron chi connectivity index (χ0n) is 11.5. The number of thioether (sulfide) groups is 1. The van der Waals surface area contributed by atoms with Crippen LogP contribution in [0.25, 0.3) is 10.9 Å². The van der Waals surface area contributed by atoms with E-state index in [0.717, 1.165) is 23.4 Å². The Kier molecular flexibility index (Phi) is 4.79. The first-order valence-corrected chi connectivity index (χ1v) is 7.78. The van der Waals surface area contributed by atoms with Crippen molar-refractivity contribution < 1.29 is 9.90 Å². The molecular weight excluding hydrogens is 274 g/mol. The van der Waals surface area contributed by atoms with Crippen LogP contribution in [-0.4, -0.2) is 39.1 Å². The fourth-order valence-electron chi connectivity index (χ4n) is 1.96. The molecule has 20 heavy (non-hydrogen) atoms. The molecule has 0 aliphatic rings. The number of rotatable bonds is 6. The topological polar surface area (TPSA) is 75.1 Å². The summed E-state index contributed by atoms with van der Waals surface area (Å²) in [6.07, 6.45) is 4.53. The molecule has 5 nitrogen and oxygen atoms in total. The summed E-state index contributed by atoms with van der Waals surface area (Å²) >= 11 is 1.78. The first-order chi connectivity index (χ1) is 9.65. The molecule has 0 fully saturated rings. The van der Waals surface area contributed by atoms with Gasteiger partial charge in [-0.1, -0.05) is 6.92 Å². The Morgan fingerprint density at radius 1 is 1.45 bits per heavy atom. The molecule has 0 bridgehead atoms. The normalized spacial score (nSPS) is 12.3. The molecule has 0 saturated carbocycles. The Hall–Kier alpha value is -1.82. The van der Waals surface area contributed by atoms with Gasteiger partial charge in [0.1, 0.15) is 12.1 Å². The number of aromatic carboxylic acids is 1. The smallest absolute Gasteiger partial charge is 0.335 e. The number of anilines is 1. The highest BCUT2D eigenvalue weighted by Gasteiger charge is 2.11. The Bertz CT molecular complexity index is 618. The van der Waals surface area contributed by atoms with E-state index in [-0.39, 0.29) is 5.56 Å². The number of carboxylic acids is 1. The molecule has 1 heterocycles. The predicted molar refractivity (Wildman–Crippen MR) is 82.6 cm³/mol. The summed E-state index contributed by atoms with van der Waals surface area (Å²) in [5.41, 5.74) is 0.875. The van der Waals surface area contributed by atoms with Crippen LogP contribution >= 0.6 is 11.8 Å². The summed E-state index contributed by atoms with van der Waals surface area (Å²) in [7, 11) is 0. The Balaban J connectivity index is 2.36. The molecule has 0 saturated heterocycles. The fraction of sp³-hybridized carbons (Fsp3) is 0.357. The van der Waals surface area contributed by atoms with Crippen LogP contribution in [0.15, 0.2) is 24.5 Å². The van der Waals surface area contributed by atoms with Crippen molar-refractivity contribution >= 4 is 34.5 Å². The highest BCUT2D eigenvalue weighted by atomic mass is 32.2. The molecule has 6 heteroatoms. The molecule has 1 aromatic carbocycles. The molecule has 1 aromatic heterocycles. The number of nitrogens with zero attached hydrogens (tertiary/aromatic N) is 2. The molecule has 0 amide bonds. The third-order valence-electron chi connectivity index (χ3n) is 3.08. The summed E-state index contributed by atoms with van der Waals surface area (Å²) < 4.78 is 0. The van der Waals surface area contributed by atoms with E-state index in [2.05, 4.69) is 28.5 Å². The van der Waals surface area contributed by atoms with E-state index in [1.165, 1.54) is 6.33 Å². The van der Waals surface area contributed by atoms with Gasteiger partial charge >= 0.3 is 5.97 Å². The van der Waals surface area contributed by atoms with Gasteiger partial charge in [0, 0.05) is 17.2 Å². The van der Waals surface area contributed by atoms with Gasteiger partial charge in [0.05, 0.1) is 11.1 Å². The van der Waals surface area contributed by atoms with Crippen LogP contribution < -0.4 is 5.32 Å². The van der Waals surface area contributed by atoms with Gasteiger partial charge in [-0.3, -0.25) is 0 Å². The molecular formula is C14H17N3O2S. The summed E-state index contributed by atoms with van der Waals surface area (Å²) in [4.78, 5) is 19.4. The highest BCUT2D eigenvalue weighted by Crippen LogP contribution is 2.22. The van der Waals surface area contributed by atoms with E-state index in [1.54, 1.807) is 30.0 Å². The van der Waals surface area contributed by atoms with Gasteiger partial charge in [-0.05, 0) is 30.9 Å². The lowest BCUT2D eigenvalue weighted by molar-refractivity contribution is 0.0697. The average molecular weight is 291 g/mol. The van der Waals surface area contributed by atoms with Crippen LogP contribution in [0.2, 0.25) is 0 Å². The Morgan fingerprint density at radius 3 is 2.90 bits per heavy atom. The van der Waals surface area contributed by atoms with Crippen LogP contribution in [0.3, 0.4) is 0 Å². The van der Waals surface area contributed by atoms with Gasteiger partial charge in [-0.2, -0.15) is 11.8 Å². The van der Waals surface area contributed by atoms with Gasteiger partial charge in [-0.25, -0.2) is 14.8 Å². The lowest BCUT2D eigenvalue weighted by Crippen LogP contribution is -2.22. The first-order valence-electron chi connectivity index (χ1n) is 6.39. The Labute approximate surface area is 121 Å². The van der Waals surface area contributed by atoms with E-state index in [9.17, 15) is 4.79 Å². The minimum absolute atomic E-state index is 0.235. The van der Waals surface area contributed by atoms with Gasteiger partial charge < -0.3 is 10.4 Å². The Morgan fingerprint density at radius 2 is 2.25 bits per heavy atom. The largest absolute Gasteiger partial charge is 0.478 e. The molecule has 0 radical (unpaired) electrons. The van der Waals surface area contributed by atoms with E-state index < -0.39 is 5.97 Å². The predicted octanol–water partition coefficient (Wildman–Crippen LogP) is 2.88. The molecule has 0 spiro atoms. The summed E-state index contributed by atoms with van der Waals surface area (Å²) in [6, 6.07) is 5.24. The third-order valence-corrected chi connectivity index (χ3v) is 3.82. The van der Waals surface area contributed by atoms with E-state index in [4.69, 9.17) is 5.11 Å². The second-order valence-electron chi connectivity index (χ2n) is 4.46. The van der Waals surface area contributed by atoms with E-state index in [1.807, 2.05) is 0 Å². The maximum absolute atomic E-state index is 11.0. The number of benzene rings is 1. The lowest BCUT2D eigenvalue weighted by Gasteiger charge is -2.17. The number of aromatic nitrogens is 2. The summed E-state index contributed by atoms with van der Waals surface area (Å²) in [5, 5.41) is 13.3. The number of nitrogens with one attached hydrogen (secondary N) is 1. The standard InChI is InChI=1S/C14H17N3O2S/c1-3-10(7-20-2)17-13-11-5-4-9(14(18)19)6-12(11)15-8-16-13/h4-6,8,10H,3,7H2,1-2H3,(H,18,19)(H,15,16,17). The lowest BCUT2D eigenvalue weighted by atomic mass is 10.1. The first kappa shape index (κ1) is 14.6. The number of hydrogen-bond donors (Lipinski definition) is 2. The number of carbonyl (C=O) groups is 1. The van der Waals surface area contributed by atoms with E-state index in [0.29, 0.717) is 11.6 Å². The van der Waals surface area contributed by atoms with Gasteiger partial charge in [0.15, 0.2) is 0 Å². The fourth-order valence-corrected chi connectivity index (χ4v) is 2.68. The number of fused-ring (bicyclic) bond motifs is 1. The van der Waals surface area contributed by atoms with Crippen LogP contribution in [0, 0.1) is 0 Å². The number of carboxylic acid groups (broad SMARTS) is 1. The van der Waals surface area contributed by atoms with Gasteiger partial charge in [-0.15, -0.1) is 0 Å². The van der Waals surface area contributed by atoms with Crippen LogP contribution in [-0.2, 0) is 0 Å². The van der Waals surface area contributed by atoms with Crippen molar-refractivity contribution in [3.8, 4) is 0 Å². The maximum Gasteiger partial charge on any atom is 0.335 e. The van der Waals surface area contributed by atoms with Crippen molar-refractivity contribution in [3.63, 3.8) is 0 Å². The molecule has 1 unspecified atom stereocenters. The molecule has 2 rings (SSSR count). The molecule has 2 N–H and O–H groups in total. The zero-order valence-corrected chi connectivity index (χ0v) is 12.3. The number of hydrogen-bond acceptors (Lipinski definition) is 5. The quantitative estimate of drug-likeness (QED) is 0.852. The second kappa shape index (κ2) is 6.56. The zero-order chi connectivity index (χ0) is 14.5. The molecule has 1 atom stereocenters. The van der Waals surface area contributed by atoms with Gasteiger partial charge in [0.2, 0.25) is 0 Å². The molecule has 2 aromatic rings. The van der Waals surface area contributed by atoms with Crippen molar-refractivity contribution in [2.24, 2.45) is 0 Å². The highest BCUT2D eigenvalue weighted by molar-refractivity contribution is 7.98. The summed E-state index contributed by atoms with van der Waals surface area (Å²) in [5.74, 6) is 0.802. The monoisotopic (exact) mass is 291 g/mol. The van der Waals surface area contributed by atoms with Crippen molar-refractivity contribution in [2.45, 2.75) is 19.4 Å².